The molecule has 0 aromatic carbocycles. The third kappa shape index (κ3) is 4.14. The van der Waals surface area contributed by atoms with E-state index in [0.717, 1.165) is 18.4 Å². The van der Waals surface area contributed by atoms with Crippen LogP contribution in [0, 0.1) is 6.92 Å². The maximum absolute atomic E-state index is 11.4. The molecule has 1 rings (SSSR count). The quantitative estimate of drug-likeness (QED) is 0.776. The second-order valence-corrected chi connectivity index (χ2v) is 4.32. The number of carbonyl (C=O) groups is 1. The van der Waals surface area contributed by atoms with Crippen molar-refractivity contribution in [1.29, 1.82) is 0 Å². The monoisotopic (exact) mass is 270 g/mol. The molecule has 1 heterocycles. The molecule has 5 nitrogen and oxygen atoms in total. The predicted molar refractivity (Wildman–Crippen MR) is 72.9 cm³/mol. The molecule has 0 radical (unpaired) electrons. The van der Waals surface area contributed by atoms with E-state index in [9.17, 15) is 4.79 Å². The minimum absolute atomic E-state index is 0.0660. The van der Waals surface area contributed by atoms with Gasteiger partial charge in [-0.15, -0.1) is 0 Å². The SMILES string of the molecule is CCCc1nc(Cl)c(C)c(NCC(=O)NCC)n1. The molecule has 1 aromatic rings. The third-order valence-electron chi connectivity index (χ3n) is 2.40. The number of hydrogen-bond donors (Lipinski definition) is 2. The fourth-order valence-electron chi connectivity index (χ4n) is 1.46. The largest absolute Gasteiger partial charge is 0.361 e. The Bertz CT molecular complexity index is 423. The Morgan fingerprint density at radius 1 is 1.33 bits per heavy atom. The minimum Gasteiger partial charge on any atom is -0.361 e. The van der Waals surface area contributed by atoms with Crippen LogP contribution in [0.3, 0.4) is 0 Å². The van der Waals surface area contributed by atoms with Crippen LogP contribution < -0.4 is 10.6 Å². The fourth-order valence-corrected chi connectivity index (χ4v) is 1.65. The van der Waals surface area contributed by atoms with Crippen molar-refractivity contribution in [3.05, 3.63) is 16.5 Å². The lowest BCUT2D eigenvalue weighted by Crippen LogP contribution is -2.30. The highest BCUT2D eigenvalue weighted by atomic mass is 35.5. The molecule has 1 aromatic heterocycles. The molecule has 0 saturated carbocycles. The molecule has 0 aliphatic carbocycles. The van der Waals surface area contributed by atoms with E-state index in [1.54, 1.807) is 0 Å². The molecule has 0 atom stereocenters. The molecule has 6 heteroatoms. The van der Waals surface area contributed by atoms with Gasteiger partial charge in [-0.2, -0.15) is 0 Å². The van der Waals surface area contributed by atoms with Gasteiger partial charge < -0.3 is 10.6 Å². The summed E-state index contributed by atoms with van der Waals surface area (Å²) < 4.78 is 0. The molecule has 2 N–H and O–H groups in total. The Kier molecular flexibility index (Phi) is 5.85. The number of halogens is 1. The number of carbonyl (C=O) groups excluding carboxylic acids is 1. The number of hydrogen-bond acceptors (Lipinski definition) is 4. The summed E-state index contributed by atoms with van der Waals surface area (Å²) in [5.41, 5.74) is 0.765. The molecule has 1 amide bonds. The van der Waals surface area contributed by atoms with Gasteiger partial charge in [-0.05, 0) is 20.3 Å². The number of nitrogens with one attached hydrogen (secondary N) is 2. The normalized spacial score (nSPS) is 10.2. The van der Waals surface area contributed by atoms with Crippen LogP contribution in [0.5, 0.6) is 0 Å². The Morgan fingerprint density at radius 3 is 2.67 bits per heavy atom. The van der Waals surface area contributed by atoms with Crippen molar-refractivity contribution < 1.29 is 4.79 Å². The number of aromatic nitrogens is 2. The highest BCUT2D eigenvalue weighted by Crippen LogP contribution is 2.20. The van der Waals surface area contributed by atoms with Crippen LogP contribution in [0.1, 0.15) is 31.7 Å². The average Bonchev–Trinajstić information content (AvgIpc) is 2.32. The van der Waals surface area contributed by atoms with Gasteiger partial charge in [-0.3, -0.25) is 4.79 Å². The summed E-state index contributed by atoms with van der Waals surface area (Å²) in [6.07, 6.45) is 1.73. The molecule has 100 valence electrons. The highest BCUT2D eigenvalue weighted by molar-refractivity contribution is 6.30. The summed E-state index contributed by atoms with van der Waals surface area (Å²) in [6, 6.07) is 0. The molecule has 0 unspecified atom stereocenters. The lowest BCUT2D eigenvalue weighted by Gasteiger charge is -2.11. The van der Waals surface area contributed by atoms with Crippen molar-refractivity contribution >= 4 is 23.3 Å². The molecule has 0 aliphatic heterocycles. The van der Waals surface area contributed by atoms with E-state index >= 15 is 0 Å². The third-order valence-corrected chi connectivity index (χ3v) is 2.76. The maximum atomic E-state index is 11.4. The van der Waals surface area contributed by atoms with Crippen molar-refractivity contribution in [1.82, 2.24) is 15.3 Å². The molecule has 0 fully saturated rings. The molecular weight excluding hydrogens is 252 g/mol. The summed E-state index contributed by atoms with van der Waals surface area (Å²) in [4.78, 5) is 19.9. The molecule has 0 saturated heterocycles. The Balaban J connectivity index is 2.77. The van der Waals surface area contributed by atoms with Gasteiger partial charge in [0.15, 0.2) is 0 Å². The zero-order chi connectivity index (χ0) is 13.5. The van der Waals surface area contributed by atoms with Gasteiger partial charge in [-0.25, -0.2) is 9.97 Å². The van der Waals surface area contributed by atoms with Crippen molar-refractivity contribution in [3.8, 4) is 0 Å². The number of nitrogens with zero attached hydrogens (tertiary/aromatic N) is 2. The standard InChI is InChI=1S/C12H19ClN4O/c1-4-6-9-16-11(13)8(3)12(17-9)15-7-10(18)14-5-2/h4-7H2,1-3H3,(H,14,18)(H,15,16,17). The molecule has 18 heavy (non-hydrogen) atoms. The summed E-state index contributed by atoms with van der Waals surface area (Å²) in [7, 11) is 0. The number of anilines is 1. The van der Waals surface area contributed by atoms with Crippen LogP contribution in [-0.4, -0.2) is 29.0 Å². The molecular formula is C12H19ClN4O. The first-order valence-corrected chi connectivity index (χ1v) is 6.49. The molecule has 0 spiro atoms. The van der Waals surface area contributed by atoms with Gasteiger partial charge in [0.25, 0.3) is 0 Å². The summed E-state index contributed by atoms with van der Waals surface area (Å²) >= 11 is 6.04. The number of likely N-dealkylation sites (N-methyl/N-ethyl adjacent to an activating group) is 1. The summed E-state index contributed by atoms with van der Waals surface area (Å²) in [6.45, 7) is 6.57. The zero-order valence-corrected chi connectivity index (χ0v) is 11.8. The van der Waals surface area contributed by atoms with Crippen LogP contribution in [-0.2, 0) is 11.2 Å². The number of aryl methyl sites for hydroxylation is 1. The second kappa shape index (κ2) is 7.16. The van der Waals surface area contributed by atoms with Gasteiger partial charge in [0.2, 0.25) is 5.91 Å². The van der Waals surface area contributed by atoms with Crippen LogP contribution in [0.2, 0.25) is 5.15 Å². The van der Waals surface area contributed by atoms with Crippen LogP contribution >= 0.6 is 11.6 Å². The number of amides is 1. The lowest BCUT2D eigenvalue weighted by molar-refractivity contribution is -0.119. The summed E-state index contributed by atoms with van der Waals surface area (Å²) in [5, 5.41) is 6.14. The highest BCUT2D eigenvalue weighted by Gasteiger charge is 2.09. The van der Waals surface area contributed by atoms with Gasteiger partial charge in [0.1, 0.15) is 16.8 Å². The maximum Gasteiger partial charge on any atom is 0.239 e. The minimum atomic E-state index is -0.0660. The van der Waals surface area contributed by atoms with Gasteiger partial charge in [-0.1, -0.05) is 18.5 Å². The van der Waals surface area contributed by atoms with Gasteiger partial charge >= 0.3 is 0 Å². The van der Waals surface area contributed by atoms with E-state index in [1.165, 1.54) is 0 Å². The predicted octanol–water partition coefficient (Wildman–Crippen LogP) is 1.94. The first-order valence-electron chi connectivity index (χ1n) is 6.12. The topological polar surface area (TPSA) is 66.9 Å². The Morgan fingerprint density at radius 2 is 2.06 bits per heavy atom. The van der Waals surface area contributed by atoms with E-state index in [-0.39, 0.29) is 12.5 Å². The van der Waals surface area contributed by atoms with Gasteiger partial charge in [0.05, 0.1) is 6.54 Å². The fraction of sp³-hybridized carbons (Fsp3) is 0.583. The van der Waals surface area contributed by atoms with Crippen LogP contribution in [0.25, 0.3) is 0 Å². The van der Waals surface area contributed by atoms with Gasteiger partial charge in [0, 0.05) is 18.5 Å². The summed E-state index contributed by atoms with van der Waals surface area (Å²) in [5.74, 6) is 1.26. The lowest BCUT2D eigenvalue weighted by atomic mass is 10.3. The smallest absolute Gasteiger partial charge is 0.239 e. The Hall–Kier alpha value is -1.36. The molecule has 0 aliphatic rings. The van der Waals surface area contributed by atoms with Crippen molar-refractivity contribution in [2.45, 2.75) is 33.6 Å². The first kappa shape index (κ1) is 14.7. The van der Waals surface area contributed by atoms with Crippen LogP contribution in [0.4, 0.5) is 5.82 Å². The second-order valence-electron chi connectivity index (χ2n) is 3.96. The Labute approximate surface area is 112 Å². The number of rotatable bonds is 6. The van der Waals surface area contributed by atoms with Crippen molar-refractivity contribution in [3.63, 3.8) is 0 Å². The molecule has 0 bridgehead atoms. The van der Waals surface area contributed by atoms with E-state index in [4.69, 9.17) is 11.6 Å². The van der Waals surface area contributed by atoms with E-state index in [0.29, 0.717) is 23.3 Å². The zero-order valence-electron chi connectivity index (χ0n) is 11.0. The van der Waals surface area contributed by atoms with Crippen molar-refractivity contribution in [2.75, 3.05) is 18.4 Å². The van der Waals surface area contributed by atoms with E-state index in [1.807, 2.05) is 13.8 Å². The van der Waals surface area contributed by atoms with Crippen molar-refractivity contribution in [2.24, 2.45) is 0 Å². The van der Waals surface area contributed by atoms with Crippen LogP contribution in [0.15, 0.2) is 0 Å². The van der Waals surface area contributed by atoms with E-state index < -0.39 is 0 Å². The average molecular weight is 271 g/mol. The first-order chi connectivity index (χ1) is 8.58. The van der Waals surface area contributed by atoms with E-state index in [2.05, 4.69) is 27.5 Å².